The highest BCUT2D eigenvalue weighted by molar-refractivity contribution is 8.18. The Morgan fingerprint density at radius 1 is 1.20 bits per heavy atom. The van der Waals surface area contributed by atoms with Gasteiger partial charge in [-0.05, 0) is 53.7 Å². The number of benzene rings is 2. The smallest absolute Gasteiger partial charge is 0.337 e. The summed E-state index contributed by atoms with van der Waals surface area (Å²) in [5.74, 6) is -1.72. The standard InChI is InChI=1S/C22H18N2O5S/c1-3-11-24-19(25)18(12-14-7-9-15(10-8-14)21(28)29-2)30-22(24)23-17-6-4-5-16(13-17)20(26)27/h3-10,12-13H,1,11H2,2H3,(H,26,27)/b18-12-,23-22?. The molecule has 3 rings (SSSR count). The number of carboxylic acid groups (broad SMARTS) is 1. The van der Waals surface area contributed by atoms with Gasteiger partial charge in [0.2, 0.25) is 0 Å². The van der Waals surface area contributed by atoms with Gasteiger partial charge in [0, 0.05) is 6.54 Å². The number of amidine groups is 1. The number of nitrogens with zero attached hydrogens (tertiary/aromatic N) is 2. The van der Waals surface area contributed by atoms with Crippen molar-refractivity contribution in [2.24, 2.45) is 4.99 Å². The molecule has 0 aromatic heterocycles. The molecule has 1 N–H and O–H groups in total. The first-order valence-corrected chi connectivity index (χ1v) is 9.67. The first-order chi connectivity index (χ1) is 14.4. The van der Waals surface area contributed by atoms with Gasteiger partial charge in [-0.2, -0.15) is 0 Å². The lowest BCUT2D eigenvalue weighted by molar-refractivity contribution is -0.121. The number of aromatic carboxylic acids is 1. The van der Waals surface area contributed by atoms with Crippen molar-refractivity contribution < 1.29 is 24.2 Å². The number of carboxylic acids is 1. The van der Waals surface area contributed by atoms with Crippen molar-refractivity contribution in [1.29, 1.82) is 0 Å². The predicted octanol–water partition coefficient (Wildman–Crippen LogP) is 3.96. The van der Waals surface area contributed by atoms with Crippen LogP contribution in [0.15, 0.2) is 71.1 Å². The Balaban J connectivity index is 1.91. The number of hydrogen-bond donors (Lipinski definition) is 1. The average molecular weight is 422 g/mol. The monoisotopic (exact) mass is 422 g/mol. The Bertz CT molecular complexity index is 1070. The minimum Gasteiger partial charge on any atom is -0.478 e. The third-order valence-electron chi connectivity index (χ3n) is 4.15. The Kier molecular flexibility index (Phi) is 6.48. The van der Waals surface area contributed by atoms with E-state index in [-0.39, 0.29) is 18.0 Å². The lowest BCUT2D eigenvalue weighted by Gasteiger charge is -2.12. The SMILES string of the molecule is C=CCN1C(=O)/C(=C/c2ccc(C(=O)OC)cc2)SC1=Nc1cccc(C(=O)O)c1. The fraction of sp³-hybridized carbons (Fsp3) is 0.0909. The molecule has 1 heterocycles. The van der Waals surface area contributed by atoms with Gasteiger partial charge in [0.05, 0.1) is 28.8 Å². The summed E-state index contributed by atoms with van der Waals surface area (Å²) in [7, 11) is 1.31. The van der Waals surface area contributed by atoms with Gasteiger partial charge in [-0.3, -0.25) is 9.69 Å². The molecule has 1 fully saturated rings. The maximum Gasteiger partial charge on any atom is 0.337 e. The molecule has 152 valence electrons. The number of carbonyl (C=O) groups is 3. The predicted molar refractivity (Wildman–Crippen MR) is 116 cm³/mol. The Labute approximate surface area is 177 Å². The van der Waals surface area contributed by atoms with Gasteiger partial charge in [0.15, 0.2) is 5.17 Å². The first-order valence-electron chi connectivity index (χ1n) is 8.85. The highest BCUT2D eigenvalue weighted by atomic mass is 32.2. The molecule has 8 heteroatoms. The van der Waals surface area contributed by atoms with E-state index in [0.29, 0.717) is 21.3 Å². The summed E-state index contributed by atoms with van der Waals surface area (Å²) in [6.07, 6.45) is 3.30. The second-order valence-electron chi connectivity index (χ2n) is 6.18. The van der Waals surface area contributed by atoms with E-state index in [0.717, 1.165) is 5.56 Å². The largest absolute Gasteiger partial charge is 0.478 e. The van der Waals surface area contributed by atoms with E-state index in [1.165, 1.54) is 35.9 Å². The van der Waals surface area contributed by atoms with Gasteiger partial charge >= 0.3 is 11.9 Å². The van der Waals surface area contributed by atoms with Crippen LogP contribution < -0.4 is 0 Å². The summed E-state index contributed by atoms with van der Waals surface area (Å²) < 4.78 is 4.68. The Hall–Kier alpha value is -3.65. The molecule has 7 nitrogen and oxygen atoms in total. The molecule has 0 radical (unpaired) electrons. The molecule has 1 aliphatic heterocycles. The van der Waals surface area contributed by atoms with Crippen LogP contribution in [0.1, 0.15) is 26.3 Å². The quantitative estimate of drug-likeness (QED) is 0.430. The molecular weight excluding hydrogens is 404 g/mol. The molecule has 30 heavy (non-hydrogen) atoms. The van der Waals surface area contributed by atoms with Crippen molar-refractivity contribution in [3.63, 3.8) is 0 Å². The molecule has 0 atom stereocenters. The lowest BCUT2D eigenvalue weighted by atomic mass is 10.1. The number of amides is 1. The third kappa shape index (κ3) is 4.66. The Morgan fingerprint density at radius 2 is 1.93 bits per heavy atom. The van der Waals surface area contributed by atoms with Crippen molar-refractivity contribution >= 4 is 46.5 Å². The van der Waals surface area contributed by atoms with E-state index in [1.807, 2.05) is 0 Å². The van der Waals surface area contributed by atoms with Crippen molar-refractivity contribution in [3.8, 4) is 0 Å². The molecule has 2 aromatic rings. The van der Waals surface area contributed by atoms with Gasteiger partial charge < -0.3 is 9.84 Å². The second-order valence-corrected chi connectivity index (χ2v) is 7.19. The van der Waals surface area contributed by atoms with Gasteiger partial charge in [0.1, 0.15) is 0 Å². The van der Waals surface area contributed by atoms with Crippen LogP contribution in [-0.4, -0.2) is 46.7 Å². The maximum atomic E-state index is 12.8. The maximum absolute atomic E-state index is 12.8. The van der Waals surface area contributed by atoms with Crippen LogP contribution in [0.2, 0.25) is 0 Å². The van der Waals surface area contributed by atoms with Crippen LogP contribution in [0.5, 0.6) is 0 Å². The van der Waals surface area contributed by atoms with Crippen LogP contribution >= 0.6 is 11.8 Å². The summed E-state index contributed by atoms with van der Waals surface area (Å²) in [4.78, 5) is 42.0. The van der Waals surface area contributed by atoms with Crippen LogP contribution in [0, 0.1) is 0 Å². The van der Waals surface area contributed by atoms with Crippen molar-refractivity contribution in [2.45, 2.75) is 0 Å². The summed E-state index contributed by atoms with van der Waals surface area (Å²) in [6, 6.07) is 12.9. The highest BCUT2D eigenvalue weighted by Gasteiger charge is 2.32. The zero-order valence-electron chi connectivity index (χ0n) is 16.1. The number of thioether (sulfide) groups is 1. The van der Waals surface area contributed by atoms with E-state index in [1.54, 1.807) is 48.6 Å². The molecule has 0 bridgehead atoms. The van der Waals surface area contributed by atoms with Crippen LogP contribution in [0.3, 0.4) is 0 Å². The third-order valence-corrected chi connectivity index (χ3v) is 5.15. The molecule has 2 aromatic carbocycles. The minimum atomic E-state index is -1.05. The second kappa shape index (κ2) is 9.23. The van der Waals surface area contributed by atoms with Gasteiger partial charge in [0.25, 0.3) is 5.91 Å². The van der Waals surface area contributed by atoms with Crippen molar-refractivity contribution in [2.75, 3.05) is 13.7 Å². The van der Waals surface area contributed by atoms with Gasteiger partial charge in [-0.25, -0.2) is 14.6 Å². The molecular formula is C22H18N2O5S. The highest BCUT2D eigenvalue weighted by Crippen LogP contribution is 2.34. The van der Waals surface area contributed by atoms with Gasteiger partial charge in [-0.1, -0.05) is 24.3 Å². The molecule has 0 aliphatic carbocycles. The minimum absolute atomic E-state index is 0.114. The topological polar surface area (TPSA) is 96.3 Å². The van der Waals surface area contributed by atoms with E-state index >= 15 is 0 Å². The van der Waals surface area contributed by atoms with E-state index < -0.39 is 11.9 Å². The summed E-state index contributed by atoms with van der Waals surface area (Å²) in [6.45, 7) is 3.95. The number of ether oxygens (including phenoxy) is 1. The Morgan fingerprint density at radius 3 is 2.57 bits per heavy atom. The fourth-order valence-electron chi connectivity index (χ4n) is 2.69. The molecule has 1 aliphatic rings. The van der Waals surface area contributed by atoms with E-state index in [4.69, 9.17) is 5.11 Å². The zero-order valence-corrected chi connectivity index (χ0v) is 16.9. The van der Waals surface area contributed by atoms with Crippen molar-refractivity contribution in [3.05, 3.63) is 82.8 Å². The van der Waals surface area contributed by atoms with Crippen molar-refractivity contribution in [1.82, 2.24) is 4.90 Å². The normalized spacial score (nSPS) is 16.2. The molecule has 0 spiro atoms. The summed E-state index contributed by atoms with van der Waals surface area (Å²) in [5.41, 5.74) is 1.70. The first kappa shape index (κ1) is 21.1. The van der Waals surface area contributed by atoms with Crippen LogP contribution in [0.4, 0.5) is 5.69 Å². The lowest BCUT2D eigenvalue weighted by Crippen LogP contribution is -2.29. The molecule has 1 amide bonds. The molecule has 1 saturated heterocycles. The van der Waals surface area contributed by atoms with Crippen LogP contribution in [0.25, 0.3) is 6.08 Å². The number of esters is 1. The molecule has 0 unspecified atom stereocenters. The van der Waals surface area contributed by atoms with E-state index in [9.17, 15) is 14.4 Å². The molecule has 0 saturated carbocycles. The number of aliphatic imine (C=N–C) groups is 1. The zero-order chi connectivity index (χ0) is 21.7. The number of rotatable bonds is 6. The number of methoxy groups -OCH3 is 1. The van der Waals surface area contributed by atoms with E-state index in [2.05, 4.69) is 16.3 Å². The number of hydrogen-bond acceptors (Lipinski definition) is 6. The van der Waals surface area contributed by atoms with Gasteiger partial charge in [-0.15, -0.1) is 6.58 Å². The number of carbonyl (C=O) groups excluding carboxylic acids is 2. The van der Waals surface area contributed by atoms with Crippen LogP contribution in [-0.2, 0) is 9.53 Å². The fourth-order valence-corrected chi connectivity index (χ4v) is 3.69. The summed E-state index contributed by atoms with van der Waals surface area (Å²) in [5, 5.41) is 9.59. The summed E-state index contributed by atoms with van der Waals surface area (Å²) >= 11 is 1.19. The average Bonchev–Trinajstić information content (AvgIpc) is 3.03.